The first-order valence-electron chi connectivity index (χ1n) is 6.39. The van der Waals surface area contributed by atoms with Crippen LogP contribution in [0.5, 0.6) is 0 Å². The molecule has 0 spiro atoms. The molecule has 0 radical (unpaired) electrons. The number of H-pyrrole nitrogens is 1. The number of hydrogen-bond donors (Lipinski definition) is 1. The van der Waals surface area contributed by atoms with Crippen molar-refractivity contribution in [3.05, 3.63) is 41.1 Å². The summed E-state index contributed by atoms with van der Waals surface area (Å²) in [6, 6.07) is 7.63. The van der Waals surface area contributed by atoms with Crippen LogP contribution in [0.3, 0.4) is 0 Å². The van der Waals surface area contributed by atoms with Crippen molar-refractivity contribution in [2.24, 2.45) is 5.92 Å². The molecule has 3 heteroatoms. The van der Waals surface area contributed by atoms with Crippen molar-refractivity contribution < 1.29 is 4.79 Å². The van der Waals surface area contributed by atoms with Gasteiger partial charge >= 0.3 is 0 Å². The number of aldehydes is 1. The fraction of sp³-hybridized carbons (Fsp3) is 0.333. The lowest BCUT2D eigenvalue weighted by atomic mass is 9.86. The van der Waals surface area contributed by atoms with Gasteiger partial charge in [-0.1, -0.05) is 31.2 Å². The molecule has 18 heavy (non-hydrogen) atoms. The van der Waals surface area contributed by atoms with Gasteiger partial charge in [0.2, 0.25) is 0 Å². The van der Waals surface area contributed by atoms with Gasteiger partial charge < -0.3 is 0 Å². The highest BCUT2D eigenvalue weighted by molar-refractivity contribution is 5.77. The van der Waals surface area contributed by atoms with Gasteiger partial charge in [0.1, 0.15) is 6.29 Å². The summed E-state index contributed by atoms with van der Waals surface area (Å²) in [5, 5.41) is 7.60. The van der Waals surface area contributed by atoms with E-state index >= 15 is 0 Å². The van der Waals surface area contributed by atoms with E-state index in [9.17, 15) is 4.79 Å². The summed E-state index contributed by atoms with van der Waals surface area (Å²) in [5.41, 5.74) is 5.48. The number of fused-ring (bicyclic) bond motifs is 1. The van der Waals surface area contributed by atoms with E-state index in [-0.39, 0.29) is 0 Å². The van der Waals surface area contributed by atoms with Crippen LogP contribution < -0.4 is 0 Å². The first kappa shape index (κ1) is 11.2. The second kappa shape index (κ2) is 4.41. The lowest BCUT2D eigenvalue weighted by Crippen LogP contribution is -2.10. The number of nitrogens with zero attached hydrogens (tertiary/aromatic N) is 1. The van der Waals surface area contributed by atoms with Gasteiger partial charge in [-0.2, -0.15) is 5.10 Å². The molecule has 92 valence electrons. The average Bonchev–Trinajstić information content (AvgIpc) is 2.82. The van der Waals surface area contributed by atoms with Gasteiger partial charge in [-0.3, -0.25) is 9.89 Å². The topological polar surface area (TPSA) is 45.8 Å². The Balaban J connectivity index is 2.01. The summed E-state index contributed by atoms with van der Waals surface area (Å²) in [5.74, 6) is 0.725. The van der Waals surface area contributed by atoms with Crippen molar-refractivity contribution in [1.29, 1.82) is 0 Å². The molecule has 1 aromatic carbocycles. The molecule has 1 aliphatic rings. The van der Waals surface area contributed by atoms with Gasteiger partial charge in [0, 0.05) is 22.4 Å². The molecule has 0 bridgehead atoms. The molecule has 3 rings (SSSR count). The SMILES string of the molecule is CC1CCc2[nH]nc(-c3ccc(C=O)cc3)c2C1. The van der Waals surface area contributed by atoms with E-state index in [4.69, 9.17) is 0 Å². The highest BCUT2D eigenvalue weighted by Gasteiger charge is 2.21. The molecule has 1 heterocycles. The van der Waals surface area contributed by atoms with Gasteiger partial charge in [-0.15, -0.1) is 0 Å². The van der Waals surface area contributed by atoms with Crippen LogP contribution in [-0.2, 0) is 12.8 Å². The third kappa shape index (κ3) is 1.86. The largest absolute Gasteiger partial charge is 0.298 e. The number of aromatic nitrogens is 2. The summed E-state index contributed by atoms with van der Waals surface area (Å²) in [6.07, 6.45) is 4.29. The molecule has 0 aliphatic heterocycles. The molecule has 0 fully saturated rings. The Morgan fingerprint density at radius 2 is 2.11 bits per heavy atom. The third-order valence-electron chi connectivity index (χ3n) is 3.71. The molecule has 1 N–H and O–H groups in total. The number of carbonyl (C=O) groups excluding carboxylic acids is 1. The Hall–Kier alpha value is -1.90. The quantitative estimate of drug-likeness (QED) is 0.820. The fourth-order valence-corrected chi connectivity index (χ4v) is 2.63. The maximum atomic E-state index is 10.7. The molecule has 3 nitrogen and oxygen atoms in total. The lowest BCUT2D eigenvalue weighted by molar-refractivity contribution is 0.112. The number of hydrogen-bond acceptors (Lipinski definition) is 2. The molecular weight excluding hydrogens is 224 g/mol. The first-order chi connectivity index (χ1) is 8.78. The zero-order chi connectivity index (χ0) is 12.5. The summed E-state index contributed by atoms with van der Waals surface area (Å²) < 4.78 is 0. The third-order valence-corrected chi connectivity index (χ3v) is 3.71. The van der Waals surface area contributed by atoms with Crippen LogP contribution in [-0.4, -0.2) is 16.5 Å². The molecule has 1 aliphatic carbocycles. The molecule has 0 saturated carbocycles. The fourth-order valence-electron chi connectivity index (χ4n) is 2.63. The summed E-state index contributed by atoms with van der Waals surface area (Å²) in [4.78, 5) is 10.7. The highest BCUT2D eigenvalue weighted by atomic mass is 16.1. The average molecular weight is 240 g/mol. The van der Waals surface area contributed by atoms with Crippen LogP contribution in [0, 0.1) is 5.92 Å². The molecule has 1 atom stereocenters. The standard InChI is InChI=1S/C15H16N2O/c1-10-2-7-14-13(8-10)15(17-16-14)12-5-3-11(9-18)4-6-12/h3-6,9-10H,2,7-8H2,1H3,(H,16,17). The van der Waals surface area contributed by atoms with E-state index in [2.05, 4.69) is 17.1 Å². The van der Waals surface area contributed by atoms with Gasteiger partial charge in [0.25, 0.3) is 0 Å². The maximum absolute atomic E-state index is 10.7. The molecule has 0 amide bonds. The number of aromatic amines is 1. The number of rotatable bonds is 2. The van der Waals surface area contributed by atoms with Crippen LogP contribution in [0.1, 0.15) is 35.0 Å². The van der Waals surface area contributed by atoms with Crippen molar-refractivity contribution in [2.75, 3.05) is 0 Å². The van der Waals surface area contributed by atoms with E-state index < -0.39 is 0 Å². The Labute approximate surface area is 106 Å². The van der Waals surface area contributed by atoms with Crippen molar-refractivity contribution in [3.63, 3.8) is 0 Å². The van der Waals surface area contributed by atoms with Crippen LogP contribution in [0.4, 0.5) is 0 Å². The van der Waals surface area contributed by atoms with E-state index in [1.165, 1.54) is 17.7 Å². The Morgan fingerprint density at radius 1 is 1.33 bits per heavy atom. The molecule has 2 aromatic rings. The molecule has 1 aromatic heterocycles. The predicted molar refractivity (Wildman–Crippen MR) is 70.6 cm³/mol. The number of carbonyl (C=O) groups is 1. The van der Waals surface area contributed by atoms with E-state index in [1.807, 2.05) is 24.3 Å². The summed E-state index contributed by atoms with van der Waals surface area (Å²) >= 11 is 0. The normalized spacial score (nSPS) is 18.4. The van der Waals surface area contributed by atoms with Crippen molar-refractivity contribution in [3.8, 4) is 11.3 Å². The van der Waals surface area contributed by atoms with Gasteiger partial charge in [-0.25, -0.2) is 0 Å². The van der Waals surface area contributed by atoms with Crippen LogP contribution in [0.25, 0.3) is 11.3 Å². The zero-order valence-corrected chi connectivity index (χ0v) is 10.4. The number of aryl methyl sites for hydroxylation is 1. The first-order valence-corrected chi connectivity index (χ1v) is 6.39. The van der Waals surface area contributed by atoms with E-state index in [1.54, 1.807) is 0 Å². The van der Waals surface area contributed by atoms with Crippen LogP contribution >= 0.6 is 0 Å². The smallest absolute Gasteiger partial charge is 0.150 e. The van der Waals surface area contributed by atoms with Gasteiger partial charge in [-0.05, 0) is 25.2 Å². The van der Waals surface area contributed by atoms with E-state index in [0.29, 0.717) is 5.56 Å². The highest BCUT2D eigenvalue weighted by Crippen LogP contribution is 2.31. The number of benzene rings is 1. The van der Waals surface area contributed by atoms with Gasteiger partial charge in [0.05, 0.1) is 5.69 Å². The summed E-state index contributed by atoms with van der Waals surface area (Å²) in [7, 11) is 0. The molecular formula is C15H16N2O. The van der Waals surface area contributed by atoms with Gasteiger partial charge in [0.15, 0.2) is 0 Å². The minimum Gasteiger partial charge on any atom is -0.298 e. The van der Waals surface area contributed by atoms with Crippen LogP contribution in [0.2, 0.25) is 0 Å². The summed E-state index contributed by atoms with van der Waals surface area (Å²) in [6.45, 7) is 2.29. The second-order valence-electron chi connectivity index (χ2n) is 5.12. The lowest BCUT2D eigenvalue weighted by Gasteiger charge is -2.18. The monoisotopic (exact) mass is 240 g/mol. The Bertz CT molecular complexity index is 569. The molecule has 1 unspecified atom stereocenters. The predicted octanol–water partition coefficient (Wildman–Crippen LogP) is 3.01. The van der Waals surface area contributed by atoms with Crippen LogP contribution in [0.15, 0.2) is 24.3 Å². The minimum absolute atomic E-state index is 0.705. The maximum Gasteiger partial charge on any atom is 0.150 e. The zero-order valence-electron chi connectivity index (χ0n) is 10.4. The molecule has 0 saturated heterocycles. The second-order valence-corrected chi connectivity index (χ2v) is 5.12. The van der Waals surface area contributed by atoms with E-state index in [0.717, 1.165) is 36.3 Å². The Morgan fingerprint density at radius 3 is 2.83 bits per heavy atom. The van der Waals surface area contributed by atoms with Crippen molar-refractivity contribution in [2.45, 2.75) is 26.2 Å². The van der Waals surface area contributed by atoms with Crippen molar-refractivity contribution in [1.82, 2.24) is 10.2 Å². The minimum atomic E-state index is 0.705. The van der Waals surface area contributed by atoms with Crippen molar-refractivity contribution >= 4 is 6.29 Å². The number of nitrogens with one attached hydrogen (secondary N) is 1. The Kier molecular flexibility index (Phi) is 2.74.